The van der Waals surface area contributed by atoms with Crippen LogP contribution in [0.1, 0.15) is 38.3 Å². The van der Waals surface area contributed by atoms with E-state index in [1.54, 1.807) is 0 Å². The maximum Gasteiger partial charge on any atom is 0.407 e. The zero-order valence-electron chi connectivity index (χ0n) is 14.4. The maximum absolute atomic E-state index is 11.5. The zero-order chi connectivity index (χ0) is 16.7. The van der Waals surface area contributed by atoms with Gasteiger partial charge >= 0.3 is 6.09 Å². The number of benzene rings is 1. The number of aryl methyl sites for hydroxylation is 1. The van der Waals surface area contributed by atoms with Gasteiger partial charge in [-0.1, -0.05) is 36.4 Å². The Balaban J connectivity index is 1.62. The summed E-state index contributed by atoms with van der Waals surface area (Å²) in [5, 5.41) is 6.27. The lowest BCUT2D eigenvalue weighted by Crippen LogP contribution is -2.35. The van der Waals surface area contributed by atoms with Crippen LogP contribution in [0.5, 0.6) is 0 Å². The summed E-state index contributed by atoms with van der Waals surface area (Å²) in [5.74, 6) is 0. The molecule has 2 rings (SSSR count). The molecule has 1 unspecified atom stereocenters. The topological polar surface area (TPSA) is 50.4 Å². The SMILES string of the molecule is CC(C)(C)OC(=O)NC/C=C/CNC1CCc2ccccc2C1. The van der Waals surface area contributed by atoms with Crippen molar-refractivity contribution in [3.63, 3.8) is 0 Å². The van der Waals surface area contributed by atoms with Crippen LogP contribution in [0.3, 0.4) is 0 Å². The van der Waals surface area contributed by atoms with Crippen molar-refractivity contribution in [2.75, 3.05) is 13.1 Å². The second kappa shape index (κ2) is 8.16. The average molecular weight is 316 g/mol. The lowest BCUT2D eigenvalue weighted by Gasteiger charge is -2.25. The van der Waals surface area contributed by atoms with E-state index in [4.69, 9.17) is 4.74 Å². The van der Waals surface area contributed by atoms with Crippen molar-refractivity contribution in [3.05, 3.63) is 47.5 Å². The van der Waals surface area contributed by atoms with Crippen LogP contribution in [-0.4, -0.2) is 30.8 Å². The average Bonchev–Trinajstić information content (AvgIpc) is 2.49. The van der Waals surface area contributed by atoms with Crippen LogP contribution in [0.25, 0.3) is 0 Å². The molecule has 4 heteroatoms. The summed E-state index contributed by atoms with van der Waals surface area (Å²) in [6.45, 7) is 6.88. The Labute approximate surface area is 139 Å². The summed E-state index contributed by atoms with van der Waals surface area (Å²) >= 11 is 0. The summed E-state index contributed by atoms with van der Waals surface area (Å²) in [4.78, 5) is 11.5. The number of carbonyl (C=O) groups is 1. The van der Waals surface area contributed by atoms with E-state index in [2.05, 4.69) is 41.0 Å². The van der Waals surface area contributed by atoms with Gasteiger partial charge in [0.25, 0.3) is 0 Å². The Hall–Kier alpha value is -1.81. The highest BCUT2D eigenvalue weighted by molar-refractivity contribution is 5.67. The Bertz CT molecular complexity index is 547. The molecule has 0 aromatic heterocycles. The summed E-state index contributed by atoms with van der Waals surface area (Å²) in [7, 11) is 0. The minimum Gasteiger partial charge on any atom is -0.444 e. The summed E-state index contributed by atoms with van der Waals surface area (Å²) in [6, 6.07) is 9.22. The quantitative estimate of drug-likeness (QED) is 0.820. The monoisotopic (exact) mass is 316 g/mol. The van der Waals surface area contributed by atoms with Crippen molar-refractivity contribution in [1.29, 1.82) is 0 Å². The largest absolute Gasteiger partial charge is 0.444 e. The molecule has 0 heterocycles. The first kappa shape index (κ1) is 17.5. The smallest absolute Gasteiger partial charge is 0.407 e. The van der Waals surface area contributed by atoms with Crippen molar-refractivity contribution in [2.45, 2.75) is 51.7 Å². The summed E-state index contributed by atoms with van der Waals surface area (Å²) in [6.07, 6.45) is 7.06. The van der Waals surface area contributed by atoms with Gasteiger partial charge in [-0.2, -0.15) is 0 Å². The van der Waals surface area contributed by atoms with Crippen molar-refractivity contribution in [2.24, 2.45) is 0 Å². The number of hydrogen-bond donors (Lipinski definition) is 2. The predicted octanol–water partition coefficient (Wildman–Crippen LogP) is 3.21. The number of hydrogen-bond acceptors (Lipinski definition) is 3. The highest BCUT2D eigenvalue weighted by Gasteiger charge is 2.17. The van der Waals surface area contributed by atoms with Crippen molar-refractivity contribution in [1.82, 2.24) is 10.6 Å². The van der Waals surface area contributed by atoms with E-state index in [-0.39, 0.29) is 6.09 Å². The standard InChI is InChI=1S/C19H28N2O2/c1-19(2,3)23-18(22)21-13-7-6-12-20-17-11-10-15-8-4-5-9-16(15)14-17/h4-9,17,20H,10-14H2,1-3H3,(H,21,22)/b7-6+. The van der Waals surface area contributed by atoms with Gasteiger partial charge in [0.2, 0.25) is 0 Å². The molecule has 1 amide bonds. The number of nitrogens with one attached hydrogen (secondary N) is 2. The molecule has 1 aromatic carbocycles. The summed E-state index contributed by atoms with van der Waals surface area (Å²) < 4.78 is 5.17. The van der Waals surface area contributed by atoms with Gasteiger partial charge in [-0.05, 0) is 51.2 Å². The van der Waals surface area contributed by atoms with Crippen LogP contribution >= 0.6 is 0 Å². The molecule has 126 valence electrons. The van der Waals surface area contributed by atoms with E-state index in [1.165, 1.54) is 17.5 Å². The molecule has 1 aliphatic carbocycles. The van der Waals surface area contributed by atoms with E-state index in [1.807, 2.05) is 26.8 Å². The normalized spacial score (nSPS) is 17.8. The Morgan fingerprint density at radius 3 is 2.65 bits per heavy atom. The van der Waals surface area contributed by atoms with Crippen LogP contribution in [-0.2, 0) is 17.6 Å². The Kier molecular flexibility index (Phi) is 6.22. The van der Waals surface area contributed by atoms with Crippen molar-refractivity contribution >= 4 is 6.09 Å². The van der Waals surface area contributed by atoms with E-state index >= 15 is 0 Å². The first-order valence-electron chi connectivity index (χ1n) is 8.36. The number of alkyl carbamates (subject to hydrolysis) is 1. The molecule has 2 N–H and O–H groups in total. The zero-order valence-corrected chi connectivity index (χ0v) is 14.4. The van der Waals surface area contributed by atoms with Gasteiger partial charge in [-0.15, -0.1) is 0 Å². The Morgan fingerprint density at radius 2 is 1.91 bits per heavy atom. The van der Waals surface area contributed by atoms with E-state index < -0.39 is 5.60 Å². The van der Waals surface area contributed by atoms with Gasteiger partial charge in [0.1, 0.15) is 5.60 Å². The molecule has 4 nitrogen and oxygen atoms in total. The number of rotatable bonds is 5. The van der Waals surface area contributed by atoms with Crippen LogP contribution in [0.15, 0.2) is 36.4 Å². The van der Waals surface area contributed by atoms with Gasteiger partial charge in [-0.3, -0.25) is 0 Å². The third-order valence-electron chi connectivity index (χ3n) is 3.80. The third-order valence-corrected chi connectivity index (χ3v) is 3.80. The third kappa shape index (κ3) is 6.45. The van der Waals surface area contributed by atoms with Crippen LogP contribution in [0.4, 0.5) is 4.79 Å². The molecule has 0 spiro atoms. The minimum absolute atomic E-state index is 0.376. The Morgan fingerprint density at radius 1 is 1.22 bits per heavy atom. The van der Waals surface area contributed by atoms with E-state index in [9.17, 15) is 4.79 Å². The van der Waals surface area contributed by atoms with Gasteiger partial charge in [0, 0.05) is 19.1 Å². The molecule has 0 fully saturated rings. The van der Waals surface area contributed by atoms with Gasteiger partial charge in [-0.25, -0.2) is 4.79 Å². The van der Waals surface area contributed by atoms with Crippen LogP contribution in [0, 0.1) is 0 Å². The molecule has 0 aliphatic heterocycles. The van der Waals surface area contributed by atoms with Crippen molar-refractivity contribution in [3.8, 4) is 0 Å². The number of amides is 1. The lowest BCUT2D eigenvalue weighted by atomic mass is 9.88. The molecule has 1 aromatic rings. The maximum atomic E-state index is 11.5. The van der Waals surface area contributed by atoms with E-state index in [0.717, 1.165) is 19.4 Å². The fourth-order valence-corrected chi connectivity index (χ4v) is 2.73. The summed E-state index contributed by atoms with van der Waals surface area (Å²) in [5.41, 5.74) is 2.50. The van der Waals surface area contributed by atoms with E-state index in [0.29, 0.717) is 12.6 Å². The predicted molar refractivity (Wildman–Crippen MR) is 93.6 cm³/mol. The molecule has 0 bridgehead atoms. The molecule has 0 saturated heterocycles. The molecule has 0 saturated carbocycles. The first-order chi connectivity index (χ1) is 10.9. The highest BCUT2D eigenvalue weighted by atomic mass is 16.6. The molecule has 23 heavy (non-hydrogen) atoms. The lowest BCUT2D eigenvalue weighted by molar-refractivity contribution is 0.0534. The molecule has 1 aliphatic rings. The van der Waals surface area contributed by atoms with Crippen molar-refractivity contribution < 1.29 is 9.53 Å². The molecular weight excluding hydrogens is 288 g/mol. The molecule has 0 radical (unpaired) electrons. The highest BCUT2D eigenvalue weighted by Crippen LogP contribution is 2.20. The number of fused-ring (bicyclic) bond motifs is 1. The van der Waals surface area contributed by atoms with Gasteiger partial charge < -0.3 is 15.4 Å². The fraction of sp³-hybridized carbons (Fsp3) is 0.526. The van der Waals surface area contributed by atoms with Gasteiger partial charge in [0.05, 0.1) is 0 Å². The second-order valence-corrected chi connectivity index (χ2v) is 6.97. The number of ether oxygens (including phenoxy) is 1. The molecular formula is C19H28N2O2. The number of carbonyl (C=O) groups excluding carboxylic acids is 1. The van der Waals surface area contributed by atoms with Crippen LogP contribution < -0.4 is 10.6 Å². The molecule has 1 atom stereocenters. The minimum atomic E-state index is -0.452. The van der Waals surface area contributed by atoms with Gasteiger partial charge in [0.15, 0.2) is 0 Å². The second-order valence-electron chi connectivity index (χ2n) is 6.97. The first-order valence-corrected chi connectivity index (χ1v) is 8.36. The fourth-order valence-electron chi connectivity index (χ4n) is 2.73. The van der Waals surface area contributed by atoms with Crippen LogP contribution in [0.2, 0.25) is 0 Å².